The molecule has 1 heterocycles. The number of ether oxygens (including phenoxy) is 1. The van der Waals surface area contributed by atoms with Crippen molar-refractivity contribution in [1.82, 2.24) is 0 Å². The van der Waals surface area contributed by atoms with Gasteiger partial charge >= 0.3 is 6.18 Å². The van der Waals surface area contributed by atoms with E-state index < -0.39 is 57.3 Å². The maximum absolute atomic E-state index is 14.1. The van der Waals surface area contributed by atoms with Crippen LogP contribution in [0.4, 0.5) is 22.0 Å². The smallest absolute Gasteiger partial charge is 0.451 e. The molecule has 0 saturated heterocycles. The lowest BCUT2D eigenvalue weighted by Gasteiger charge is -2.25. The number of carbonyl (C=O) groups excluding carboxylic acids is 2. The molecule has 1 aromatic carbocycles. The summed E-state index contributed by atoms with van der Waals surface area (Å²) < 4.78 is 69.7. The van der Waals surface area contributed by atoms with Gasteiger partial charge in [0, 0.05) is 11.1 Å². The largest absolute Gasteiger partial charge is 0.491 e. The Bertz CT molecular complexity index is 626. The van der Waals surface area contributed by atoms with Crippen LogP contribution in [0.1, 0.15) is 21.2 Å². The fraction of sp³-hybridized carbons (Fsp3) is 0.333. The molecule has 114 valence electrons. The Kier molecular flexibility index (Phi) is 3.96. The Hall–Kier alpha value is -1.64. The number of hydrogen-bond donors (Lipinski definition) is 0. The lowest BCUT2D eigenvalue weighted by atomic mass is 9.96. The highest BCUT2D eigenvalue weighted by molar-refractivity contribution is 8.01. The maximum atomic E-state index is 14.1. The second kappa shape index (κ2) is 5.28. The van der Waals surface area contributed by atoms with Crippen molar-refractivity contribution in [2.24, 2.45) is 0 Å². The van der Waals surface area contributed by atoms with E-state index in [0.717, 1.165) is 7.11 Å². The number of carbonyl (C=O) groups is 2. The summed E-state index contributed by atoms with van der Waals surface area (Å²) in [7, 11) is 0.923. The Morgan fingerprint density at radius 1 is 1.38 bits per heavy atom. The Balaban J connectivity index is 2.67. The van der Waals surface area contributed by atoms with Crippen LogP contribution in [0.3, 0.4) is 0 Å². The number of benzene rings is 1. The van der Waals surface area contributed by atoms with Crippen LogP contribution in [-0.2, 0) is 4.79 Å². The Labute approximate surface area is 119 Å². The number of thioether (sulfide) groups is 1. The fourth-order valence-electron chi connectivity index (χ4n) is 1.97. The molecule has 21 heavy (non-hydrogen) atoms. The lowest BCUT2D eigenvalue weighted by Crippen LogP contribution is -2.32. The third kappa shape index (κ3) is 2.61. The first-order valence-corrected chi connectivity index (χ1v) is 6.55. The van der Waals surface area contributed by atoms with Crippen molar-refractivity contribution in [3.05, 3.63) is 28.8 Å². The van der Waals surface area contributed by atoms with Gasteiger partial charge in [0.1, 0.15) is 5.25 Å². The molecule has 1 unspecified atom stereocenters. The van der Waals surface area contributed by atoms with Crippen molar-refractivity contribution < 1.29 is 36.3 Å². The predicted octanol–water partition coefficient (Wildman–Crippen LogP) is 3.08. The number of fused-ring (bicyclic) bond motifs is 1. The average Bonchev–Trinajstić information content (AvgIpc) is 2.38. The minimum absolute atomic E-state index is 0.351. The van der Waals surface area contributed by atoms with Gasteiger partial charge < -0.3 is 4.74 Å². The van der Waals surface area contributed by atoms with E-state index in [2.05, 4.69) is 4.74 Å². The van der Waals surface area contributed by atoms with E-state index in [1.165, 1.54) is 0 Å². The first kappa shape index (κ1) is 15.7. The molecule has 0 N–H and O–H groups in total. The van der Waals surface area contributed by atoms with Crippen molar-refractivity contribution in [2.45, 2.75) is 11.4 Å². The fourth-order valence-corrected chi connectivity index (χ4v) is 3.12. The number of alkyl halides is 3. The number of rotatable bonds is 2. The van der Waals surface area contributed by atoms with Gasteiger partial charge in [0.05, 0.1) is 12.9 Å². The van der Waals surface area contributed by atoms with Crippen molar-refractivity contribution in [3.8, 4) is 5.75 Å². The van der Waals surface area contributed by atoms with Crippen molar-refractivity contribution >= 4 is 23.3 Å². The summed E-state index contributed by atoms with van der Waals surface area (Å²) in [6.45, 7) is 0. The van der Waals surface area contributed by atoms with E-state index in [1.807, 2.05) is 0 Å². The minimum Gasteiger partial charge on any atom is -0.491 e. The molecule has 1 aliphatic heterocycles. The van der Waals surface area contributed by atoms with Gasteiger partial charge in [-0.05, 0) is 6.07 Å². The molecule has 9 heteroatoms. The van der Waals surface area contributed by atoms with Crippen LogP contribution in [0, 0.1) is 11.6 Å². The quantitative estimate of drug-likeness (QED) is 0.784. The predicted molar refractivity (Wildman–Crippen MR) is 63.5 cm³/mol. The second-order valence-corrected chi connectivity index (χ2v) is 5.24. The van der Waals surface area contributed by atoms with Crippen LogP contribution < -0.4 is 4.74 Å². The number of Topliss-reactive ketones (excluding diaryl/α,β-unsaturated/α-hetero) is 2. The summed E-state index contributed by atoms with van der Waals surface area (Å²) >= 11 is 0.351. The highest BCUT2D eigenvalue weighted by Crippen LogP contribution is 2.45. The third-order valence-electron chi connectivity index (χ3n) is 2.88. The Morgan fingerprint density at radius 2 is 2.00 bits per heavy atom. The Morgan fingerprint density at radius 3 is 2.52 bits per heavy atom. The first-order chi connectivity index (χ1) is 9.68. The summed E-state index contributed by atoms with van der Waals surface area (Å²) in [6.07, 6.45) is -5.19. The van der Waals surface area contributed by atoms with Crippen molar-refractivity contribution in [1.29, 1.82) is 0 Å². The molecular formula is C12H7F5O3S. The molecule has 0 bridgehead atoms. The van der Waals surface area contributed by atoms with E-state index >= 15 is 0 Å². The molecule has 1 aliphatic rings. The van der Waals surface area contributed by atoms with Gasteiger partial charge in [0.25, 0.3) is 5.78 Å². The van der Waals surface area contributed by atoms with Gasteiger partial charge in [-0.15, -0.1) is 11.8 Å². The zero-order chi connectivity index (χ0) is 15.9. The molecule has 1 atom stereocenters. The highest BCUT2D eigenvalue weighted by Gasteiger charge is 2.48. The highest BCUT2D eigenvalue weighted by atomic mass is 32.2. The van der Waals surface area contributed by atoms with Crippen LogP contribution in [0.15, 0.2) is 6.07 Å². The van der Waals surface area contributed by atoms with E-state index in [1.54, 1.807) is 0 Å². The second-order valence-electron chi connectivity index (χ2n) is 4.14. The van der Waals surface area contributed by atoms with E-state index in [-0.39, 0.29) is 0 Å². The third-order valence-corrected chi connectivity index (χ3v) is 4.09. The molecule has 0 radical (unpaired) electrons. The molecule has 1 aromatic rings. The minimum atomic E-state index is -5.19. The molecule has 3 nitrogen and oxygen atoms in total. The van der Waals surface area contributed by atoms with Crippen LogP contribution in [0.2, 0.25) is 0 Å². The van der Waals surface area contributed by atoms with Gasteiger partial charge in [-0.1, -0.05) is 0 Å². The molecular weight excluding hydrogens is 319 g/mol. The SMILES string of the molecule is COc1c(F)cc2c(c1F)C(C(=O)C(F)(F)F)SCC2=O. The molecule has 0 fully saturated rings. The van der Waals surface area contributed by atoms with Gasteiger partial charge in [0.2, 0.25) is 0 Å². The van der Waals surface area contributed by atoms with E-state index in [9.17, 15) is 31.5 Å². The zero-order valence-electron chi connectivity index (χ0n) is 10.4. The van der Waals surface area contributed by atoms with Gasteiger partial charge in [0.15, 0.2) is 23.2 Å². The summed E-state index contributed by atoms with van der Waals surface area (Å²) in [5, 5.41) is -1.95. The number of hydrogen-bond acceptors (Lipinski definition) is 4. The maximum Gasteiger partial charge on any atom is 0.451 e. The summed E-state index contributed by atoms with van der Waals surface area (Å²) in [4.78, 5) is 23.0. The lowest BCUT2D eigenvalue weighted by molar-refractivity contribution is -0.170. The van der Waals surface area contributed by atoms with Crippen LogP contribution in [0.5, 0.6) is 5.75 Å². The standard InChI is InChI=1S/C12H7F5O3S/c1-20-9-5(13)2-4-6(18)3-21-10(7(4)8(9)14)11(19)12(15,16)17/h2,10H,3H2,1H3. The molecule has 0 amide bonds. The number of ketones is 2. The monoisotopic (exact) mass is 326 g/mol. The first-order valence-electron chi connectivity index (χ1n) is 5.50. The number of halogens is 5. The van der Waals surface area contributed by atoms with E-state index in [0.29, 0.717) is 17.8 Å². The van der Waals surface area contributed by atoms with Crippen LogP contribution in [0.25, 0.3) is 0 Å². The topological polar surface area (TPSA) is 43.4 Å². The zero-order valence-corrected chi connectivity index (χ0v) is 11.2. The van der Waals surface area contributed by atoms with Crippen molar-refractivity contribution in [2.75, 3.05) is 12.9 Å². The van der Waals surface area contributed by atoms with Gasteiger partial charge in [-0.25, -0.2) is 8.78 Å². The van der Waals surface area contributed by atoms with Crippen LogP contribution in [-0.4, -0.2) is 30.6 Å². The average molecular weight is 326 g/mol. The molecule has 0 aromatic heterocycles. The van der Waals surface area contributed by atoms with Crippen LogP contribution >= 0.6 is 11.8 Å². The van der Waals surface area contributed by atoms with E-state index in [4.69, 9.17) is 0 Å². The summed E-state index contributed by atoms with van der Waals surface area (Å²) in [6, 6.07) is 0.593. The van der Waals surface area contributed by atoms with Gasteiger partial charge in [-0.2, -0.15) is 13.2 Å². The summed E-state index contributed by atoms with van der Waals surface area (Å²) in [5.74, 6) is -7.02. The number of methoxy groups -OCH3 is 1. The summed E-state index contributed by atoms with van der Waals surface area (Å²) in [5.41, 5.74) is -1.34. The van der Waals surface area contributed by atoms with Crippen molar-refractivity contribution in [3.63, 3.8) is 0 Å². The molecule has 0 spiro atoms. The molecule has 0 saturated carbocycles. The molecule has 2 rings (SSSR count). The normalized spacial score (nSPS) is 18.4. The van der Waals surface area contributed by atoms with Gasteiger partial charge in [-0.3, -0.25) is 9.59 Å². The molecule has 0 aliphatic carbocycles.